The quantitative estimate of drug-likeness (QED) is 0.781. The van der Waals surface area contributed by atoms with Gasteiger partial charge in [0.2, 0.25) is 0 Å². The third-order valence-corrected chi connectivity index (χ3v) is 6.41. The van der Waals surface area contributed by atoms with Crippen LogP contribution < -0.4 is 0 Å². The molecule has 1 fully saturated rings. The molecule has 1 atom stereocenters. The fourth-order valence-corrected chi connectivity index (χ4v) is 4.81. The molecular formula is C18H23N5O2. The maximum absolute atomic E-state index is 12.4. The molecule has 0 bridgehead atoms. The molecule has 0 saturated heterocycles. The van der Waals surface area contributed by atoms with E-state index in [-0.39, 0.29) is 17.3 Å². The number of nitrogens with zero attached hydrogens (tertiary/aromatic N) is 5. The van der Waals surface area contributed by atoms with Gasteiger partial charge in [0.1, 0.15) is 17.3 Å². The van der Waals surface area contributed by atoms with Crippen LogP contribution in [0.25, 0.3) is 11.5 Å². The third-order valence-electron chi connectivity index (χ3n) is 6.41. The van der Waals surface area contributed by atoms with Crippen molar-refractivity contribution >= 4 is 5.97 Å². The largest absolute Gasteiger partial charge is 0.469 e. The number of aromatic nitrogens is 5. The predicted molar refractivity (Wildman–Crippen MR) is 89.7 cm³/mol. The highest BCUT2D eigenvalue weighted by atomic mass is 16.5. The van der Waals surface area contributed by atoms with E-state index in [1.807, 2.05) is 0 Å². The Morgan fingerprint density at radius 1 is 1.24 bits per heavy atom. The minimum atomic E-state index is -0.106. The average molecular weight is 341 g/mol. The molecule has 25 heavy (non-hydrogen) atoms. The predicted octanol–water partition coefficient (Wildman–Crippen LogP) is 1.99. The second-order valence-electron chi connectivity index (χ2n) is 7.71. The first-order chi connectivity index (χ1) is 12.2. The lowest BCUT2D eigenvalue weighted by atomic mass is 9.58. The van der Waals surface area contributed by atoms with Crippen molar-refractivity contribution in [3.8, 4) is 11.5 Å². The summed E-state index contributed by atoms with van der Waals surface area (Å²) in [5, 5.41) is 8.89. The number of rotatable bonds is 2. The van der Waals surface area contributed by atoms with E-state index in [9.17, 15) is 4.79 Å². The fourth-order valence-electron chi connectivity index (χ4n) is 4.81. The van der Waals surface area contributed by atoms with E-state index in [4.69, 9.17) is 9.72 Å². The monoisotopic (exact) mass is 341 g/mol. The maximum atomic E-state index is 12.4. The molecule has 1 aliphatic carbocycles. The second-order valence-corrected chi connectivity index (χ2v) is 7.71. The smallest absolute Gasteiger partial charge is 0.311 e. The zero-order valence-electron chi connectivity index (χ0n) is 14.6. The number of hydrogen-bond acceptors (Lipinski definition) is 5. The van der Waals surface area contributed by atoms with Crippen LogP contribution in [0.3, 0.4) is 0 Å². The number of imidazole rings is 1. The molecule has 0 radical (unpaired) electrons. The Bertz CT molecular complexity index is 809. The van der Waals surface area contributed by atoms with Gasteiger partial charge in [-0.15, -0.1) is 10.2 Å². The van der Waals surface area contributed by atoms with Gasteiger partial charge in [0.05, 0.1) is 13.0 Å². The van der Waals surface area contributed by atoms with E-state index >= 15 is 0 Å². The minimum Gasteiger partial charge on any atom is -0.469 e. The van der Waals surface area contributed by atoms with Gasteiger partial charge in [0.15, 0.2) is 5.82 Å². The van der Waals surface area contributed by atoms with Crippen molar-refractivity contribution in [2.24, 2.45) is 11.3 Å². The van der Waals surface area contributed by atoms with Crippen LogP contribution in [0.15, 0.2) is 6.20 Å². The summed E-state index contributed by atoms with van der Waals surface area (Å²) in [6.07, 6.45) is 9.66. The summed E-state index contributed by atoms with van der Waals surface area (Å²) in [6.45, 7) is 1.63. The highest BCUT2D eigenvalue weighted by Gasteiger charge is 2.52. The van der Waals surface area contributed by atoms with Crippen molar-refractivity contribution < 1.29 is 9.53 Å². The molecule has 7 heteroatoms. The van der Waals surface area contributed by atoms with Gasteiger partial charge in [-0.1, -0.05) is 6.42 Å². The van der Waals surface area contributed by atoms with Crippen LogP contribution in [0.2, 0.25) is 0 Å². The number of fused-ring (bicyclic) bond motifs is 2. The summed E-state index contributed by atoms with van der Waals surface area (Å²) in [4.78, 5) is 17.2. The van der Waals surface area contributed by atoms with Crippen LogP contribution in [0.1, 0.15) is 43.8 Å². The molecule has 7 nitrogen and oxygen atoms in total. The molecule has 4 heterocycles. The lowest BCUT2D eigenvalue weighted by Crippen LogP contribution is -2.49. The Kier molecular flexibility index (Phi) is 3.27. The van der Waals surface area contributed by atoms with E-state index in [0.29, 0.717) is 6.54 Å². The molecule has 5 rings (SSSR count). The Morgan fingerprint density at radius 3 is 2.84 bits per heavy atom. The van der Waals surface area contributed by atoms with Crippen LogP contribution in [0.4, 0.5) is 0 Å². The Labute approximate surface area is 146 Å². The van der Waals surface area contributed by atoms with E-state index in [0.717, 1.165) is 55.4 Å². The molecule has 1 spiro atoms. The average Bonchev–Trinajstić information content (AvgIpc) is 3.21. The van der Waals surface area contributed by atoms with Crippen molar-refractivity contribution in [1.82, 2.24) is 24.3 Å². The van der Waals surface area contributed by atoms with Gasteiger partial charge in [0, 0.05) is 32.1 Å². The lowest BCUT2D eigenvalue weighted by Gasteiger charge is -2.49. The Morgan fingerprint density at radius 2 is 2.12 bits per heavy atom. The zero-order chi connectivity index (χ0) is 17.0. The van der Waals surface area contributed by atoms with Crippen LogP contribution in [0.5, 0.6) is 0 Å². The van der Waals surface area contributed by atoms with E-state index in [1.54, 1.807) is 0 Å². The van der Waals surface area contributed by atoms with Crippen LogP contribution in [0, 0.1) is 11.3 Å². The molecule has 0 N–H and O–H groups in total. The number of esters is 1. The molecule has 1 unspecified atom stereocenters. The molecule has 0 aromatic carbocycles. The first kappa shape index (κ1) is 15.1. The molecule has 0 amide bonds. The molecule has 1 saturated carbocycles. The standard InChI is InChI=1S/C18H23N5O2/c1-25-17(24)12-10-23-15(9-18(12)6-4-7-18)20-21-16(23)13-11-22-8-3-2-5-14(22)19-13/h11-12H,2-10H2,1H3. The van der Waals surface area contributed by atoms with E-state index < -0.39 is 0 Å². The van der Waals surface area contributed by atoms with Crippen LogP contribution in [-0.4, -0.2) is 37.4 Å². The first-order valence-electron chi connectivity index (χ1n) is 9.26. The van der Waals surface area contributed by atoms with Crippen molar-refractivity contribution in [2.45, 2.75) is 58.0 Å². The van der Waals surface area contributed by atoms with Gasteiger partial charge in [0.25, 0.3) is 0 Å². The Balaban J connectivity index is 1.54. The van der Waals surface area contributed by atoms with E-state index in [2.05, 4.69) is 25.5 Å². The highest BCUT2D eigenvalue weighted by molar-refractivity contribution is 5.74. The molecule has 3 aliphatic rings. The number of methoxy groups -OCH3 is 1. The summed E-state index contributed by atoms with van der Waals surface area (Å²) in [5.74, 6) is 2.70. The maximum Gasteiger partial charge on any atom is 0.311 e. The first-order valence-corrected chi connectivity index (χ1v) is 9.26. The lowest BCUT2D eigenvalue weighted by molar-refractivity contribution is -0.156. The number of hydrogen-bond donors (Lipinski definition) is 0. The molecular weight excluding hydrogens is 318 g/mol. The number of carbonyl (C=O) groups excluding carboxylic acids is 1. The molecule has 2 aromatic heterocycles. The normalized spacial score (nSPS) is 23.6. The summed E-state index contributed by atoms with van der Waals surface area (Å²) in [5.41, 5.74) is 0.907. The van der Waals surface area contributed by atoms with Gasteiger partial charge >= 0.3 is 5.97 Å². The SMILES string of the molecule is COC(=O)C1Cn2c(nnc2-c2cn3c(n2)CCCC3)CC12CCC2. The summed E-state index contributed by atoms with van der Waals surface area (Å²) in [7, 11) is 1.49. The molecule has 2 aromatic rings. The van der Waals surface area contributed by atoms with Gasteiger partial charge in [-0.25, -0.2) is 4.98 Å². The van der Waals surface area contributed by atoms with Crippen molar-refractivity contribution in [1.29, 1.82) is 0 Å². The van der Waals surface area contributed by atoms with E-state index in [1.165, 1.54) is 26.4 Å². The van der Waals surface area contributed by atoms with Gasteiger partial charge < -0.3 is 13.9 Å². The minimum absolute atomic E-state index is 0.0286. The van der Waals surface area contributed by atoms with Gasteiger partial charge in [-0.3, -0.25) is 4.79 Å². The van der Waals surface area contributed by atoms with Gasteiger partial charge in [-0.05, 0) is 31.1 Å². The third kappa shape index (κ3) is 2.17. The van der Waals surface area contributed by atoms with Crippen molar-refractivity contribution in [3.05, 3.63) is 17.8 Å². The highest BCUT2D eigenvalue weighted by Crippen LogP contribution is 2.52. The topological polar surface area (TPSA) is 74.8 Å². The Hall–Kier alpha value is -2.18. The van der Waals surface area contributed by atoms with Crippen molar-refractivity contribution in [3.63, 3.8) is 0 Å². The summed E-state index contributed by atoms with van der Waals surface area (Å²) >= 11 is 0. The number of ether oxygens (including phenoxy) is 1. The number of carbonyl (C=O) groups is 1. The van der Waals surface area contributed by atoms with Crippen LogP contribution in [-0.2, 0) is 35.5 Å². The molecule has 2 aliphatic heterocycles. The van der Waals surface area contributed by atoms with Gasteiger partial charge in [-0.2, -0.15) is 0 Å². The fraction of sp³-hybridized carbons (Fsp3) is 0.667. The number of aryl methyl sites for hydroxylation is 2. The van der Waals surface area contributed by atoms with Crippen molar-refractivity contribution in [2.75, 3.05) is 7.11 Å². The second kappa shape index (κ2) is 5.41. The summed E-state index contributed by atoms with van der Waals surface area (Å²) < 4.78 is 9.44. The zero-order valence-corrected chi connectivity index (χ0v) is 14.6. The summed E-state index contributed by atoms with van der Waals surface area (Å²) in [6, 6.07) is 0. The van der Waals surface area contributed by atoms with Crippen LogP contribution >= 0.6 is 0 Å². The molecule has 132 valence electrons.